The number of nitrogen functional groups attached to an aromatic ring is 1. The van der Waals surface area contributed by atoms with E-state index in [1.807, 2.05) is 6.07 Å². The van der Waals surface area contributed by atoms with Crippen molar-refractivity contribution in [3.63, 3.8) is 0 Å². The molecule has 2 heterocycles. The first-order valence-corrected chi connectivity index (χ1v) is 3.58. The van der Waals surface area contributed by atoms with Crippen LogP contribution >= 0.6 is 0 Å². The van der Waals surface area contributed by atoms with Crippen molar-refractivity contribution in [1.82, 2.24) is 15.2 Å². The number of aromatic nitrogens is 3. The lowest BCUT2D eigenvalue weighted by atomic mass is 10.2. The molecule has 0 saturated carbocycles. The van der Waals surface area contributed by atoms with Crippen molar-refractivity contribution in [2.75, 3.05) is 5.73 Å². The Hall–Kier alpha value is -1.84. The van der Waals surface area contributed by atoms with Gasteiger partial charge in [0.05, 0.1) is 5.69 Å². The summed E-state index contributed by atoms with van der Waals surface area (Å²) < 4.78 is 0. The Bertz CT molecular complexity index is 366. The van der Waals surface area contributed by atoms with Crippen molar-refractivity contribution >= 4 is 5.69 Å². The highest BCUT2D eigenvalue weighted by Crippen LogP contribution is 2.19. The molecule has 0 aromatic carbocycles. The van der Waals surface area contributed by atoms with E-state index in [-0.39, 0.29) is 0 Å². The topological polar surface area (TPSA) is 67.6 Å². The van der Waals surface area contributed by atoms with Crippen molar-refractivity contribution in [3.05, 3.63) is 30.6 Å². The number of hydrogen-bond donors (Lipinski definition) is 2. The molecule has 4 nitrogen and oxygen atoms in total. The Morgan fingerprint density at radius 1 is 1.33 bits per heavy atom. The Balaban J connectivity index is 2.55. The van der Waals surface area contributed by atoms with Crippen molar-refractivity contribution in [3.8, 4) is 11.4 Å². The average molecular weight is 160 g/mol. The molecule has 0 atom stereocenters. The highest BCUT2D eigenvalue weighted by Gasteiger charge is 2.03. The SMILES string of the molecule is Nc1cccnc1-c1cc[nH]n1. The van der Waals surface area contributed by atoms with Gasteiger partial charge in [-0.05, 0) is 18.2 Å². The van der Waals surface area contributed by atoms with Crippen molar-refractivity contribution in [1.29, 1.82) is 0 Å². The van der Waals surface area contributed by atoms with E-state index in [0.717, 1.165) is 11.4 Å². The summed E-state index contributed by atoms with van der Waals surface area (Å²) in [7, 11) is 0. The summed E-state index contributed by atoms with van der Waals surface area (Å²) in [6.45, 7) is 0. The van der Waals surface area contributed by atoms with Gasteiger partial charge in [0.1, 0.15) is 11.4 Å². The third kappa shape index (κ3) is 1.03. The van der Waals surface area contributed by atoms with Gasteiger partial charge in [0.15, 0.2) is 0 Å². The molecule has 0 spiro atoms. The maximum atomic E-state index is 5.70. The van der Waals surface area contributed by atoms with E-state index in [1.54, 1.807) is 24.5 Å². The van der Waals surface area contributed by atoms with Gasteiger partial charge in [0.2, 0.25) is 0 Å². The molecule has 0 unspecified atom stereocenters. The van der Waals surface area contributed by atoms with Crippen LogP contribution in [0.25, 0.3) is 11.4 Å². The molecule has 3 N–H and O–H groups in total. The minimum atomic E-state index is 0.643. The standard InChI is InChI=1S/C8H8N4/c9-6-2-1-4-10-8(6)7-3-5-11-12-7/h1-5H,9H2,(H,11,12). The first kappa shape index (κ1) is 6.84. The van der Waals surface area contributed by atoms with Crippen LogP contribution in [0, 0.1) is 0 Å². The molecule has 0 saturated heterocycles. The Labute approximate surface area is 69.4 Å². The Morgan fingerprint density at radius 2 is 2.25 bits per heavy atom. The van der Waals surface area contributed by atoms with E-state index in [9.17, 15) is 0 Å². The number of nitrogens with zero attached hydrogens (tertiary/aromatic N) is 2. The lowest BCUT2D eigenvalue weighted by Gasteiger charge is -1.98. The van der Waals surface area contributed by atoms with Crippen LogP contribution in [0.5, 0.6) is 0 Å². The minimum absolute atomic E-state index is 0.643. The van der Waals surface area contributed by atoms with Crippen LogP contribution in [0.2, 0.25) is 0 Å². The van der Waals surface area contributed by atoms with Crippen LogP contribution in [0.15, 0.2) is 30.6 Å². The quantitative estimate of drug-likeness (QED) is 0.655. The van der Waals surface area contributed by atoms with Crippen LogP contribution in [-0.4, -0.2) is 15.2 Å². The fraction of sp³-hybridized carbons (Fsp3) is 0. The molecule has 12 heavy (non-hydrogen) atoms. The van der Waals surface area contributed by atoms with E-state index in [4.69, 9.17) is 5.73 Å². The summed E-state index contributed by atoms with van der Waals surface area (Å²) in [5.74, 6) is 0. The molecule has 0 radical (unpaired) electrons. The van der Waals surface area contributed by atoms with Crippen LogP contribution in [0.3, 0.4) is 0 Å². The third-order valence-electron chi connectivity index (χ3n) is 1.58. The van der Waals surface area contributed by atoms with Gasteiger partial charge >= 0.3 is 0 Å². The van der Waals surface area contributed by atoms with Gasteiger partial charge in [-0.1, -0.05) is 0 Å². The summed E-state index contributed by atoms with van der Waals surface area (Å²) in [6.07, 6.45) is 3.43. The molecule has 0 aliphatic heterocycles. The molecule has 4 heteroatoms. The van der Waals surface area contributed by atoms with Crippen LogP contribution in [0.1, 0.15) is 0 Å². The molecule has 0 bridgehead atoms. The number of aromatic amines is 1. The zero-order valence-electron chi connectivity index (χ0n) is 6.36. The number of nitrogens with two attached hydrogens (primary N) is 1. The molecule has 2 aromatic heterocycles. The van der Waals surface area contributed by atoms with Gasteiger partial charge in [0.25, 0.3) is 0 Å². The predicted molar refractivity (Wildman–Crippen MR) is 46.2 cm³/mol. The molecule has 0 fully saturated rings. The molecular weight excluding hydrogens is 152 g/mol. The number of hydrogen-bond acceptors (Lipinski definition) is 3. The lowest BCUT2D eigenvalue weighted by molar-refractivity contribution is 1.09. The zero-order valence-corrected chi connectivity index (χ0v) is 6.36. The van der Waals surface area contributed by atoms with Gasteiger partial charge < -0.3 is 5.73 Å². The Morgan fingerprint density at radius 3 is 2.92 bits per heavy atom. The van der Waals surface area contributed by atoms with Gasteiger partial charge in [-0.25, -0.2) is 0 Å². The summed E-state index contributed by atoms with van der Waals surface area (Å²) in [5.41, 5.74) is 7.83. The van der Waals surface area contributed by atoms with Crippen LogP contribution < -0.4 is 5.73 Å². The summed E-state index contributed by atoms with van der Waals surface area (Å²) in [6, 6.07) is 5.43. The van der Waals surface area contributed by atoms with Crippen LogP contribution in [0.4, 0.5) is 5.69 Å². The van der Waals surface area contributed by atoms with Gasteiger partial charge in [-0.3, -0.25) is 10.1 Å². The lowest BCUT2D eigenvalue weighted by Crippen LogP contribution is -1.92. The number of H-pyrrole nitrogens is 1. The van der Waals surface area contributed by atoms with Gasteiger partial charge in [-0.2, -0.15) is 5.10 Å². The fourth-order valence-electron chi connectivity index (χ4n) is 1.02. The number of pyridine rings is 1. The first-order valence-electron chi connectivity index (χ1n) is 3.58. The smallest absolute Gasteiger partial charge is 0.113 e. The number of nitrogens with one attached hydrogen (secondary N) is 1. The first-order chi connectivity index (χ1) is 5.88. The molecule has 2 rings (SSSR count). The molecule has 60 valence electrons. The highest BCUT2D eigenvalue weighted by molar-refractivity contribution is 5.68. The molecule has 0 aliphatic carbocycles. The second-order valence-electron chi connectivity index (χ2n) is 2.40. The Kier molecular flexibility index (Phi) is 1.51. The van der Waals surface area contributed by atoms with E-state index >= 15 is 0 Å². The van der Waals surface area contributed by atoms with Crippen molar-refractivity contribution in [2.45, 2.75) is 0 Å². The summed E-state index contributed by atoms with van der Waals surface area (Å²) in [4.78, 5) is 4.11. The van der Waals surface area contributed by atoms with Gasteiger partial charge in [-0.15, -0.1) is 0 Å². The summed E-state index contributed by atoms with van der Waals surface area (Å²) in [5, 5.41) is 6.69. The maximum absolute atomic E-state index is 5.70. The number of rotatable bonds is 1. The second-order valence-corrected chi connectivity index (χ2v) is 2.40. The predicted octanol–water partition coefficient (Wildman–Crippen LogP) is 1.05. The van der Waals surface area contributed by atoms with Crippen molar-refractivity contribution in [2.24, 2.45) is 0 Å². The largest absolute Gasteiger partial charge is 0.397 e. The molecule has 0 amide bonds. The molecule has 2 aromatic rings. The zero-order chi connectivity index (χ0) is 8.39. The maximum Gasteiger partial charge on any atom is 0.113 e. The molecular formula is C8H8N4. The van der Waals surface area contributed by atoms with E-state index in [1.165, 1.54) is 0 Å². The average Bonchev–Trinajstić information content (AvgIpc) is 2.57. The fourth-order valence-corrected chi connectivity index (χ4v) is 1.02. The second kappa shape index (κ2) is 2.65. The van der Waals surface area contributed by atoms with E-state index in [0.29, 0.717) is 5.69 Å². The van der Waals surface area contributed by atoms with Crippen molar-refractivity contribution < 1.29 is 0 Å². The van der Waals surface area contributed by atoms with E-state index < -0.39 is 0 Å². The minimum Gasteiger partial charge on any atom is -0.397 e. The normalized spacial score (nSPS) is 10.0. The third-order valence-corrected chi connectivity index (χ3v) is 1.58. The molecule has 0 aliphatic rings. The van der Waals surface area contributed by atoms with E-state index in [2.05, 4.69) is 15.2 Å². The number of anilines is 1. The highest BCUT2D eigenvalue weighted by atomic mass is 15.1. The monoisotopic (exact) mass is 160 g/mol. The summed E-state index contributed by atoms with van der Waals surface area (Å²) >= 11 is 0. The van der Waals surface area contributed by atoms with Crippen LogP contribution in [-0.2, 0) is 0 Å². The van der Waals surface area contributed by atoms with Gasteiger partial charge in [0, 0.05) is 12.4 Å².